The number of hydrogen-bond donors (Lipinski definition) is 1. The maximum absolute atomic E-state index is 12.8. The highest BCUT2D eigenvalue weighted by Gasteiger charge is 2.30. The lowest BCUT2D eigenvalue weighted by molar-refractivity contribution is 0.0839. The lowest BCUT2D eigenvalue weighted by atomic mass is 10.0. The second kappa shape index (κ2) is 5.76. The maximum atomic E-state index is 12.8. The highest BCUT2D eigenvalue weighted by atomic mass is 19.1. The molecule has 0 saturated heterocycles. The van der Waals surface area contributed by atoms with Crippen LogP contribution in [-0.2, 0) is 0 Å². The van der Waals surface area contributed by atoms with Crippen LogP contribution in [0.15, 0.2) is 18.3 Å². The molecule has 1 aliphatic carbocycles. The Morgan fingerprint density at radius 3 is 2.72 bits per heavy atom. The SMILES string of the molecule is CCN(CC(C)C(O)c1ccc(F)cn1)C1CC1. The van der Waals surface area contributed by atoms with Crippen LogP contribution in [0.5, 0.6) is 0 Å². The Hall–Kier alpha value is -1.00. The van der Waals surface area contributed by atoms with E-state index in [4.69, 9.17) is 0 Å². The summed E-state index contributed by atoms with van der Waals surface area (Å²) in [5, 5.41) is 10.2. The van der Waals surface area contributed by atoms with E-state index in [-0.39, 0.29) is 11.7 Å². The van der Waals surface area contributed by atoms with Gasteiger partial charge in [0.25, 0.3) is 0 Å². The van der Waals surface area contributed by atoms with Gasteiger partial charge in [-0.05, 0) is 31.5 Å². The number of hydrogen-bond acceptors (Lipinski definition) is 3. The van der Waals surface area contributed by atoms with Gasteiger partial charge in [0.2, 0.25) is 0 Å². The van der Waals surface area contributed by atoms with Gasteiger partial charge in [-0.1, -0.05) is 13.8 Å². The van der Waals surface area contributed by atoms with Gasteiger partial charge >= 0.3 is 0 Å². The van der Waals surface area contributed by atoms with Crippen molar-refractivity contribution in [2.45, 2.75) is 38.8 Å². The third-order valence-electron chi connectivity index (χ3n) is 3.58. The summed E-state index contributed by atoms with van der Waals surface area (Å²) in [6.45, 7) is 6.04. The van der Waals surface area contributed by atoms with Crippen LogP contribution in [0, 0.1) is 11.7 Å². The van der Waals surface area contributed by atoms with E-state index < -0.39 is 6.10 Å². The van der Waals surface area contributed by atoms with Gasteiger partial charge in [0, 0.05) is 18.5 Å². The lowest BCUT2D eigenvalue weighted by Crippen LogP contribution is -2.32. The first-order valence-corrected chi connectivity index (χ1v) is 6.65. The van der Waals surface area contributed by atoms with Gasteiger partial charge in [-0.2, -0.15) is 0 Å². The van der Waals surface area contributed by atoms with Gasteiger partial charge in [-0.3, -0.25) is 4.98 Å². The van der Waals surface area contributed by atoms with Gasteiger partial charge < -0.3 is 10.0 Å². The summed E-state index contributed by atoms with van der Waals surface area (Å²) in [5.74, 6) is -0.268. The Morgan fingerprint density at radius 1 is 1.50 bits per heavy atom. The van der Waals surface area contributed by atoms with E-state index in [1.54, 1.807) is 6.07 Å². The van der Waals surface area contributed by atoms with Crippen LogP contribution < -0.4 is 0 Å². The van der Waals surface area contributed by atoms with Gasteiger partial charge in [-0.15, -0.1) is 0 Å². The van der Waals surface area contributed by atoms with E-state index >= 15 is 0 Å². The number of halogens is 1. The van der Waals surface area contributed by atoms with E-state index in [2.05, 4.69) is 16.8 Å². The zero-order valence-corrected chi connectivity index (χ0v) is 11.0. The van der Waals surface area contributed by atoms with Gasteiger partial charge in [-0.25, -0.2) is 4.39 Å². The summed E-state index contributed by atoms with van der Waals surface area (Å²) < 4.78 is 12.8. The molecule has 0 radical (unpaired) electrons. The van der Waals surface area contributed by atoms with Crippen molar-refractivity contribution in [1.82, 2.24) is 9.88 Å². The zero-order chi connectivity index (χ0) is 13.1. The standard InChI is InChI=1S/C14H21FN2O/c1-3-17(12-5-6-12)9-10(2)14(18)13-7-4-11(15)8-16-13/h4,7-8,10,12,14,18H,3,5-6,9H2,1-2H3. The van der Waals surface area contributed by atoms with E-state index in [9.17, 15) is 9.50 Å². The average molecular weight is 252 g/mol. The summed E-state index contributed by atoms with van der Waals surface area (Å²) in [7, 11) is 0. The van der Waals surface area contributed by atoms with Gasteiger partial charge in [0.1, 0.15) is 5.82 Å². The fraction of sp³-hybridized carbons (Fsp3) is 0.643. The summed E-state index contributed by atoms with van der Waals surface area (Å²) >= 11 is 0. The predicted molar refractivity (Wildman–Crippen MR) is 68.6 cm³/mol. The van der Waals surface area contributed by atoms with Crippen LogP contribution >= 0.6 is 0 Å². The van der Waals surface area contributed by atoms with Crippen LogP contribution in [0.1, 0.15) is 38.5 Å². The third kappa shape index (κ3) is 3.27. The van der Waals surface area contributed by atoms with E-state index in [1.165, 1.54) is 18.9 Å². The summed E-state index contributed by atoms with van der Waals surface area (Å²) in [6.07, 6.45) is 3.07. The number of aliphatic hydroxyl groups excluding tert-OH is 1. The molecular formula is C14H21FN2O. The predicted octanol–water partition coefficient (Wildman–Crippen LogP) is 2.37. The molecule has 1 fully saturated rings. The van der Waals surface area contributed by atoms with Crippen LogP contribution in [0.2, 0.25) is 0 Å². The van der Waals surface area contributed by atoms with Crippen LogP contribution in [0.4, 0.5) is 4.39 Å². The van der Waals surface area contributed by atoms with Crippen LogP contribution in [-0.4, -0.2) is 34.1 Å². The lowest BCUT2D eigenvalue weighted by Gasteiger charge is -2.26. The number of rotatable bonds is 6. The van der Waals surface area contributed by atoms with Crippen LogP contribution in [0.25, 0.3) is 0 Å². The minimum absolute atomic E-state index is 0.100. The largest absolute Gasteiger partial charge is 0.386 e. The molecule has 1 saturated carbocycles. The zero-order valence-electron chi connectivity index (χ0n) is 11.0. The fourth-order valence-corrected chi connectivity index (χ4v) is 2.30. The van der Waals surface area contributed by atoms with E-state index in [1.807, 2.05) is 6.92 Å². The molecule has 0 spiro atoms. The Bertz CT molecular complexity index is 378. The second-order valence-electron chi connectivity index (χ2n) is 5.14. The first-order chi connectivity index (χ1) is 8.61. The van der Waals surface area contributed by atoms with Crippen molar-refractivity contribution in [3.63, 3.8) is 0 Å². The maximum Gasteiger partial charge on any atom is 0.141 e. The molecule has 3 nitrogen and oxygen atoms in total. The van der Waals surface area contributed by atoms with Gasteiger partial charge in [0.15, 0.2) is 0 Å². The third-order valence-corrected chi connectivity index (χ3v) is 3.58. The fourth-order valence-electron chi connectivity index (χ4n) is 2.30. The summed E-state index contributed by atoms with van der Waals surface area (Å²) in [6, 6.07) is 3.60. The average Bonchev–Trinajstić information content (AvgIpc) is 3.20. The molecule has 1 aliphatic rings. The van der Waals surface area contributed by atoms with E-state index in [0.29, 0.717) is 11.7 Å². The molecule has 4 heteroatoms. The van der Waals surface area contributed by atoms with Gasteiger partial charge in [0.05, 0.1) is 18.0 Å². The smallest absolute Gasteiger partial charge is 0.141 e. The van der Waals surface area contributed by atoms with Crippen molar-refractivity contribution in [2.75, 3.05) is 13.1 Å². The topological polar surface area (TPSA) is 36.4 Å². The van der Waals surface area contributed by atoms with Crippen LogP contribution in [0.3, 0.4) is 0 Å². The van der Waals surface area contributed by atoms with E-state index in [0.717, 1.165) is 19.3 Å². The van der Waals surface area contributed by atoms with Crippen molar-refractivity contribution in [3.8, 4) is 0 Å². The van der Waals surface area contributed by atoms with Crippen molar-refractivity contribution in [3.05, 3.63) is 29.8 Å². The summed E-state index contributed by atoms with van der Waals surface area (Å²) in [4.78, 5) is 6.35. The Morgan fingerprint density at radius 2 is 2.22 bits per heavy atom. The monoisotopic (exact) mass is 252 g/mol. The quantitative estimate of drug-likeness (QED) is 0.844. The Kier molecular flexibility index (Phi) is 4.30. The molecule has 18 heavy (non-hydrogen) atoms. The molecule has 100 valence electrons. The summed E-state index contributed by atoms with van der Waals surface area (Å²) in [5.41, 5.74) is 0.552. The number of aliphatic hydroxyl groups is 1. The normalized spacial score (nSPS) is 18.9. The number of aromatic nitrogens is 1. The Balaban J connectivity index is 1.94. The number of pyridine rings is 1. The molecule has 0 aromatic carbocycles. The van der Waals surface area contributed by atoms with Crippen molar-refractivity contribution in [1.29, 1.82) is 0 Å². The molecule has 2 atom stereocenters. The molecule has 1 heterocycles. The molecule has 0 amide bonds. The molecule has 0 bridgehead atoms. The Labute approximate surface area is 108 Å². The molecule has 1 N–H and O–H groups in total. The molecule has 0 aliphatic heterocycles. The molecule has 2 rings (SSSR count). The van der Waals surface area contributed by atoms with Crippen molar-refractivity contribution < 1.29 is 9.50 Å². The number of nitrogens with zero attached hydrogens (tertiary/aromatic N) is 2. The molecular weight excluding hydrogens is 231 g/mol. The second-order valence-corrected chi connectivity index (χ2v) is 5.14. The molecule has 1 aromatic rings. The molecule has 2 unspecified atom stereocenters. The highest BCUT2D eigenvalue weighted by molar-refractivity contribution is 5.09. The minimum atomic E-state index is -0.626. The van der Waals surface area contributed by atoms with Crippen molar-refractivity contribution in [2.24, 2.45) is 5.92 Å². The van der Waals surface area contributed by atoms with Crippen molar-refractivity contribution >= 4 is 0 Å². The first kappa shape index (κ1) is 13.4. The molecule has 1 aromatic heterocycles. The first-order valence-electron chi connectivity index (χ1n) is 6.65. The minimum Gasteiger partial charge on any atom is -0.386 e. The highest BCUT2D eigenvalue weighted by Crippen LogP contribution is 2.29.